The average Bonchev–Trinajstić information content (AvgIpc) is 3.16. The van der Waals surface area contributed by atoms with Gasteiger partial charge in [0.15, 0.2) is 17.8 Å². The van der Waals surface area contributed by atoms with Gasteiger partial charge in [0.05, 0.1) is 17.0 Å². The molecule has 1 aliphatic heterocycles. The molecule has 3 aromatic carbocycles. The molecule has 0 spiro atoms. The molecule has 2 N–H and O–H groups in total. The minimum Gasteiger partial charge on any atom is -0.484 e. The van der Waals surface area contributed by atoms with Gasteiger partial charge in [-0.15, -0.1) is 0 Å². The summed E-state index contributed by atoms with van der Waals surface area (Å²) >= 11 is 0. The predicted molar refractivity (Wildman–Crippen MR) is 138 cm³/mol. The van der Waals surface area contributed by atoms with E-state index in [1.165, 1.54) is 11.8 Å². The number of benzene rings is 3. The molecule has 0 saturated carbocycles. The third-order valence-corrected chi connectivity index (χ3v) is 6.62. The first-order valence-electron chi connectivity index (χ1n) is 11.7. The second-order valence-electron chi connectivity index (χ2n) is 9.11. The summed E-state index contributed by atoms with van der Waals surface area (Å²) in [4.78, 5) is 51.9. The van der Waals surface area contributed by atoms with Crippen LogP contribution in [0, 0.1) is 13.8 Å². The fourth-order valence-corrected chi connectivity index (χ4v) is 4.57. The van der Waals surface area contributed by atoms with Gasteiger partial charge in [0.1, 0.15) is 11.3 Å². The van der Waals surface area contributed by atoms with Crippen molar-refractivity contribution in [3.63, 3.8) is 0 Å². The van der Waals surface area contributed by atoms with Gasteiger partial charge in [-0.2, -0.15) is 0 Å². The van der Waals surface area contributed by atoms with E-state index in [1.54, 1.807) is 60.7 Å². The van der Waals surface area contributed by atoms with E-state index in [0.29, 0.717) is 33.5 Å². The van der Waals surface area contributed by atoms with E-state index >= 15 is 0 Å². The zero-order chi connectivity index (χ0) is 26.4. The number of hydrogen-bond donors (Lipinski definition) is 1. The van der Waals surface area contributed by atoms with E-state index in [0.717, 1.165) is 11.1 Å². The molecule has 2 heterocycles. The van der Waals surface area contributed by atoms with Crippen molar-refractivity contribution in [2.24, 2.45) is 5.73 Å². The van der Waals surface area contributed by atoms with Crippen molar-refractivity contribution in [3.05, 3.63) is 104 Å². The van der Waals surface area contributed by atoms with E-state index < -0.39 is 17.9 Å². The number of ketones is 1. The molecule has 2 amide bonds. The van der Waals surface area contributed by atoms with Crippen LogP contribution in [-0.2, 0) is 4.79 Å². The smallest absolute Gasteiger partial charge is 0.295 e. The molecule has 4 aromatic rings. The summed E-state index contributed by atoms with van der Waals surface area (Å²) in [5, 5.41) is 0.398. The second kappa shape index (κ2) is 9.05. The number of fused-ring (bicyclic) bond motifs is 2. The highest BCUT2D eigenvalue weighted by atomic mass is 16.5. The van der Waals surface area contributed by atoms with E-state index in [9.17, 15) is 19.2 Å². The Hall–Kier alpha value is -4.72. The monoisotopic (exact) mass is 496 g/mol. The van der Waals surface area contributed by atoms with Gasteiger partial charge >= 0.3 is 0 Å². The van der Waals surface area contributed by atoms with Gasteiger partial charge in [-0.3, -0.25) is 24.1 Å². The number of ether oxygens (including phenoxy) is 1. The van der Waals surface area contributed by atoms with Crippen LogP contribution < -0.4 is 20.8 Å². The van der Waals surface area contributed by atoms with Crippen molar-refractivity contribution in [3.8, 4) is 5.75 Å². The maximum absolute atomic E-state index is 13.8. The number of Topliss-reactive ketones (excluding diaryl/α,β-unsaturated/α-hetero) is 1. The van der Waals surface area contributed by atoms with Gasteiger partial charge in [0.25, 0.3) is 11.8 Å². The van der Waals surface area contributed by atoms with E-state index in [-0.39, 0.29) is 29.1 Å². The Labute approximate surface area is 212 Å². The predicted octanol–water partition coefficient (Wildman–Crippen LogP) is 4.23. The summed E-state index contributed by atoms with van der Waals surface area (Å²) in [6.07, 6.45) is 0. The Balaban J connectivity index is 1.69. The minimum absolute atomic E-state index is 0.0181. The highest BCUT2D eigenvalue weighted by Gasteiger charge is 2.43. The van der Waals surface area contributed by atoms with Crippen molar-refractivity contribution in [1.29, 1.82) is 0 Å². The second-order valence-corrected chi connectivity index (χ2v) is 9.11. The Morgan fingerprint density at radius 3 is 2.24 bits per heavy atom. The lowest BCUT2D eigenvalue weighted by Crippen LogP contribution is -2.29. The molecular weight excluding hydrogens is 472 g/mol. The molecule has 1 unspecified atom stereocenters. The molecule has 0 radical (unpaired) electrons. The standard InChI is InChI=1S/C29H24N2O6/c1-15-12-22-23(13-16(15)2)37-28-25(27(22)34)26(19-6-10-21(11-7-19)36-14-24(30)33)31(29(28)35)20-8-4-18(5-9-20)17(3)32/h4-13,26H,14H2,1-3H3,(H2,30,33). The van der Waals surface area contributed by atoms with Gasteiger partial charge in [-0.25, -0.2) is 0 Å². The molecule has 5 rings (SSSR count). The molecule has 0 saturated heterocycles. The molecule has 186 valence electrons. The van der Waals surface area contributed by atoms with Crippen LogP contribution in [0.5, 0.6) is 5.75 Å². The fraction of sp³-hybridized carbons (Fsp3) is 0.172. The van der Waals surface area contributed by atoms with E-state index in [1.807, 2.05) is 13.8 Å². The van der Waals surface area contributed by atoms with Gasteiger partial charge in [-0.1, -0.05) is 12.1 Å². The number of nitrogens with two attached hydrogens (primary N) is 1. The minimum atomic E-state index is -0.780. The maximum Gasteiger partial charge on any atom is 0.295 e. The quantitative estimate of drug-likeness (QED) is 0.399. The lowest BCUT2D eigenvalue weighted by molar-refractivity contribution is -0.119. The molecule has 1 aromatic heterocycles. The van der Waals surface area contributed by atoms with Gasteiger partial charge in [0, 0.05) is 11.3 Å². The lowest BCUT2D eigenvalue weighted by atomic mass is 9.97. The third-order valence-electron chi connectivity index (χ3n) is 6.62. The molecule has 0 aliphatic carbocycles. The number of nitrogens with zero attached hydrogens (tertiary/aromatic N) is 1. The summed E-state index contributed by atoms with van der Waals surface area (Å²) in [7, 11) is 0. The molecule has 8 nitrogen and oxygen atoms in total. The van der Waals surface area contributed by atoms with Crippen LogP contribution in [-0.4, -0.2) is 24.2 Å². The molecular formula is C29H24N2O6. The normalized spacial score (nSPS) is 14.6. The van der Waals surface area contributed by atoms with Crippen molar-refractivity contribution >= 4 is 34.3 Å². The third kappa shape index (κ3) is 4.16. The Kier molecular flexibility index (Phi) is 5.87. The highest BCUT2D eigenvalue weighted by Crippen LogP contribution is 2.41. The first-order valence-corrected chi connectivity index (χ1v) is 11.7. The van der Waals surface area contributed by atoms with Gasteiger partial charge in [-0.05, 0) is 86.0 Å². The van der Waals surface area contributed by atoms with Crippen LogP contribution in [0.1, 0.15) is 56.1 Å². The number of hydrogen-bond acceptors (Lipinski definition) is 6. The van der Waals surface area contributed by atoms with Crippen LogP contribution in [0.4, 0.5) is 5.69 Å². The fourth-order valence-electron chi connectivity index (χ4n) is 4.57. The summed E-state index contributed by atoms with van der Waals surface area (Å²) in [5.41, 5.74) is 9.01. The van der Waals surface area contributed by atoms with Gasteiger partial charge in [0.2, 0.25) is 5.76 Å². The van der Waals surface area contributed by atoms with Crippen LogP contribution in [0.25, 0.3) is 11.0 Å². The van der Waals surface area contributed by atoms with Crippen molar-refractivity contribution in [1.82, 2.24) is 0 Å². The van der Waals surface area contributed by atoms with Crippen LogP contribution >= 0.6 is 0 Å². The average molecular weight is 497 g/mol. The van der Waals surface area contributed by atoms with Crippen molar-refractivity contribution in [2.45, 2.75) is 26.8 Å². The molecule has 0 fully saturated rings. The van der Waals surface area contributed by atoms with Crippen molar-refractivity contribution in [2.75, 3.05) is 11.5 Å². The van der Waals surface area contributed by atoms with Crippen LogP contribution in [0.2, 0.25) is 0 Å². The number of rotatable bonds is 6. The Morgan fingerprint density at radius 2 is 1.62 bits per heavy atom. The van der Waals surface area contributed by atoms with E-state index in [2.05, 4.69) is 0 Å². The first kappa shape index (κ1) is 24.0. The number of anilines is 1. The van der Waals surface area contributed by atoms with Crippen LogP contribution in [0.3, 0.4) is 0 Å². The molecule has 1 aliphatic rings. The number of carbonyl (C=O) groups is 3. The SMILES string of the molecule is CC(=O)c1ccc(N2C(=O)c3oc4cc(C)c(C)cc4c(=O)c3C2c2ccc(OCC(N)=O)cc2)cc1. The molecule has 37 heavy (non-hydrogen) atoms. The van der Waals surface area contributed by atoms with Crippen molar-refractivity contribution < 1.29 is 23.5 Å². The molecule has 0 bridgehead atoms. The summed E-state index contributed by atoms with van der Waals surface area (Å²) in [6, 6.07) is 16.2. The largest absolute Gasteiger partial charge is 0.484 e. The zero-order valence-corrected chi connectivity index (χ0v) is 20.5. The number of carbonyl (C=O) groups excluding carboxylic acids is 3. The molecule has 1 atom stereocenters. The maximum atomic E-state index is 13.8. The summed E-state index contributed by atoms with van der Waals surface area (Å²) in [6.45, 7) is 5.02. The lowest BCUT2D eigenvalue weighted by Gasteiger charge is -2.25. The van der Waals surface area contributed by atoms with Gasteiger partial charge < -0.3 is 14.9 Å². The first-order chi connectivity index (χ1) is 17.7. The Bertz CT molecular complexity index is 1630. The summed E-state index contributed by atoms with van der Waals surface area (Å²) < 4.78 is 11.4. The molecule has 8 heteroatoms. The topological polar surface area (TPSA) is 120 Å². The Morgan fingerprint density at radius 1 is 0.973 bits per heavy atom. The summed E-state index contributed by atoms with van der Waals surface area (Å²) in [5.74, 6) is -0.757. The number of amides is 2. The number of aryl methyl sites for hydroxylation is 2. The van der Waals surface area contributed by atoms with E-state index in [4.69, 9.17) is 14.9 Å². The highest BCUT2D eigenvalue weighted by molar-refractivity contribution is 6.11. The van der Waals surface area contributed by atoms with Crippen LogP contribution in [0.15, 0.2) is 69.9 Å². The number of primary amides is 1. The zero-order valence-electron chi connectivity index (χ0n) is 20.5.